The summed E-state index contributed by atoms with van der Waals surface area (Å²) in [4.78, 5) is 8.67. The van der Waals surface area contributed by atoms with Gasteiger partial charge in [-0.05, 0) is 0 Å². The van der Waals surface area contributed by atoms with Crippen molar-refractivity contribution in [2.24, 2.45) is 0 Å². The van der Waals surface area contributed by atoms with Gasteiger partial charge < -0.3 is 0 Å². The Bertz CT molecular complexity index is 217. The highest BCUT2D eigenvalue weighted by Gasteiger charge is 2.07. The van der Waals surface area contributed by atoms with Crippen LogP contribution in [0.15, 0.2) is 12.4 Å². The topological polar surface area (TPSA) is 25.8 Å². The van der Waals surface area contributed by atoms with Gasteiger partial charge in [0.25, 0.3) is 0 Å². The highest BCUT2D eigenvalue weighted by atomic mass is 14.8. The van der Waals surface area contributed by atoms with E-state index in [-0.39, 0.29) is 0 Å². The molecule has 0 aliphatic heterocycles. The normalized spacial score (nSPS) is 9.67. The van der Waals surface area contributed by atoms with Crippen molar-refractivity contribution in [3.63, 3.8) is 0 Å². The summed E-state index contributed by atoms with van der Waals surface area (Å²) in [5, 5.41) is 0. The van der Waals surface area contributed by atoms with Crippen LogP contribution in [0.3, 0.4) is 0 Å². The van der Waals surface area contributed by atoms with Gasteiger partial charge >= 0.3 is 0 Å². The standard InChI is InChI=1S/C8H14B2N2/c1-9(2)7-5-12-8(6-11-7)10(3)4/h5-6H,1-4H3. The summed E-state index contributed by atoms with van der Waals surface area (Å²) >= 11 is 0. The Kier molecular flexibility index (Phi) is 2.90. The quantitative estimate of drug-likeness (QED) is 0.585. The molecule has 2 nitrogen and oxygen atoms in total. The lowest BCUT2D eigenvalue weighted by atomic mass is 9.51. The Balaban J connectivity index is 2.86. The highest BCUT2D eigenvalue weighted by Crippen LogP contribution is 1.81. The number of aromatic nitrogens is 2. The molecule has 0 aliphatic rings. The predicted molar refractivity (Wildman–Crippen MR) is 56.3 cm³/mol. The summed E-state index contributed by atoms with van der Waals surface area (Å²) in [7, 11) is 0. The van der Waals surface area contributed by atoms with Gasteiger partial charge in [0.2, 0.25) is 0 Å². The first-order valence-corrected chi connectivity index (χ1v) is 4.43. The van der Waals surface area contributed by atoms with E-state index in [1.807, 2.05) is 12.4 Å². The summed E-state index contributed by atoms with van der Waals surface area (Å²) in [5.41, 5.74) is 2.14. The Morgan fingerprint density at radius 3 is 1.33 bits per heavy atom. The molecule has 0 N–H and O–H groups in total. The van der Waals surface area contributed by atoms with Crippen LogP contribution in [0.5, 0.6) is 0 Å². The molecule has 0 spiro atoms. The number of hydrogen-bond donors (Lipinski definition) is 0. The summed E-state index contributed by atoms with van der Waals surface area (Å²) < 4.78 is 0. The van der Waals surface area contributed by atoms with Crippen LogP contribution in [0.2, 0.25) is 27.3 Å². The lowest BCUT2D eigenvalue weighted by molar-refractivity contribution is 1.27. The number of nitrogens with zero attached hydrogens (tertiary/aromatic N) is 2. The van der Waals surface area contributed by atoms with Crippen LogP contribution >= 0.6 is 0 Å². The Hall–Kier alpha value is -0.790. The maximum absolute atomic E-state index is 4.34. The molecule has 0 saturated heterocycles. The summed E-state index contributed by atoms with van der Waals surface area (Å²) in [6.45, 7) is 9.44. The van der Waals surface area contributed by atoms with Gasteiger partial charge in [0.15, 0.2) is 13.4 Å². The van der Waals surface area contributed by atoms with E-state index in [2.05, 4.69) is 37.3 Å². The predicted octanol–water partition coefficient (Wildman–Crippen LogP) is 0.399. The molecule has 62 valence electrons. The number of rotatable bonds is 2. The third-order valence-electron chi connectivity index (χ3n) is 1.87. The van der Waals surface area contributed by atoms with Gasteiger partial charge in [0.05, 0.1) is 0 Å². The molecule has 12 heavy (non-hydrogen) atoms. The molecule has 4 heteroatoms. The van der Waals surface area contributed by atoms with Crippen LogP contribution < -0.4 is 11.2 Å². The summed E-state index contributed by atoms with van der Waals surface area (Å²) in [6.07, 6.45) is 3.75. The van der Waals surface area contributed by atoms with Crippen molar-refractivity contribution in [2.75, 3.05) is 0 Å². The fraction of sp³-hybridized carbons (Fsp3) is 0.500. The van der Waals surface area contributed by atoms with Crippen molar-refractivity contribution in [1.82, 2.24) is 9.97 Å². The molecule has 0 atom stereocenters. The number of hydrogen-bond acceptors (Lipinski definition) is 2. The zero-order chi connectivity index (χ0) is 9.14. The van der Waals surface area contributed by atoms with E-state index < -0.39 is 0 Å². The van der Waals surface area contributed by atoms with Gasteiger partial charge in [0, 0.05) is 23.6 Å². The Labute approximate surface area is 75.0 Å². The first kappa shape index (κ1) is 9.30. The molecule has 0 radical (unpaired) electrons. The zero-order valence-corrected chi connectivity index (χ0v) is 8.20. The molecule has 0 fully saturated rings. The van der Waals surface area contributed by atoms with Crippen molar-refractivity contribution in [1.29, 1.82) is 0 Å². The molecule has 1 aromatic rings. The van der Waals surface area contributed by atoms with E-state index in [1.165, 1.54) is 0 Å². The first-order chi connectivity index (χ1) is 5.61. The second kappa shape index (κ2) is 3.74. The van der Waals surface area contributed by atoms with Gasteiger partial charge in [-0.3, -0.25) is 9.97 Å². The maximum atomic E-state index is 4.34. The Morgan fingerprint density at radius 2 is 1.17 bits per heavy atom. The molecule has 1 aromatic heterocycles. The zero-order valence-electron chi connectivity index (χ0n) is 8.20. The van der Waals surface area contributed by atoms with Crippen molar-refractivity contribution in [2.45, 2.75) is 27.3 Å². The SMILES string of the molecule is CB(C)c1cnc(B(C)C)cn1. The van der Waals surface area contributed by atoms with Gasteiger partial charge in [0.1, 0.15) is 0 Å². The first-order valence-electron chi connectivity index (χ1n) is 4.43. The summed E-state index contributed by atoms with van der Waals surface area (Å²) in [5.74, 6) is 0. The maximum Gasteiger partial charge on any atom is 0.196 e. The van der Waals surface area contributed by atoms with E-state index in [4.69, 9.17) is 0 Å². The lowest BCUT2D eigenvalue weighted by Gasteiger charge is -2.03. The van der Waals surface area contributed by atoms with E-state index in [0.717, 1.165) is 11.2 Å². The molecule has 0 amide bonds. The second-order valence-electron chi connectivity index (χ2n) is 3.68. The molecule has 0 aliphatic carbocycles. The van der Waals surface area contributed by atoms with E-state index in [9.17, 15) is 0 Å². The monoisotopic (exact) mass is 160 g/mol. The van der Waals surface area contributed by atoms with E-state index in [1.54, 1.807) is 0 Å². The fourth-order valence-corrected chi connectivity index (χ4v) is 0.944. The highest BCUT2D eigenvalue weighted by molar-refractivity contribution is 6.71. The molecule has 0 unspecified atom stereocenters. The third kappa shape index (κ3) is 2.10. The molecular weight excluding hydrogens is 146 g/mol. The van der Waals surface area contributed by atoms with E-state index >= 15 is 0 Å². The smallest absolute Gasteiger partial charge is 0.196 e. The minimum Gasteiger partial charge on any atom is -0.269 e. The Morgan fingerprint density at radius 1 is 0.833 bits per heavy atom. The molecule has 1 rings (SSSR count). The van der Waals surface area contributed by atoms with Crippen LogP contribution in [0.4, 0.5) is 0 Å². The largest absolute Gasteiger partial charge is 0.269 e. The molecule has 0 aromatic carbocycles. The van der Waals surface area contributed by atoms with Crippen LogP contribution in [-0.4, -0.2) is 23.4 Å². The van der Waals surface area contributed by atoms with Gasteiger partial charge in [-0.15, -0.1) is 0 Å². The minimum atomic E-state index is 0.471. The van der Waals surface area contributed by atoms with Crippen LogP contribution in [-0.2, 0) is 0 Å². The molecule has 0 saturated carbocycles. The van der Waals surface area contributed by atoms with Gasteiger partial charge in [-0.1, -0.05) is 27.3 Å². The summed E-state index contributed by atoms with van der Waals surface area (Å²) in [6, 6.07) is 0. The van der Waals surface area contributed by atoms with Gasteiger partial charge in [-0.2, -0.15) is 0 Å². The fourth-order valence-electron chi connectivity index (χ4n) is 0.944. The van der Waals surface area contributed by atoms with Crippen LogP contribution in [0.25, 0.3) is 0 Å². The van der Waals surface area contributed by atoms with Crippen molar-refractivity contribution >= 4 is 24.6 Å². The van der Waals surface area contributed by atoms with Crippen molar-refractivity contribution in [3.8, 4) is 0 Å². The van der Waals surface area contributed by atoms with Crippen molar-refractivity contribution < 1.29 is 0 Å². The van der Waals surface area contributed by atoms with E-state index in [0.29, 0.717) is 13.4 Å². The van der Waals surface area contributed by atoms with Gasteiger partial charge in [-0.25, -0.2) is 0 Å². The van der Waals surface area contributed by atoms with Crippen molar-refractivity contribution in [3.05, 3.63) is 12.4 Å². The minimum absolute atomic E-state index is 0.471. The average Bonchev–Trinajstić information content (AvgIpc) is 2.04. The molecule has 0 bridgehead atoms. The van der Waals surface area contributed by atoms with Crippen LogP contribution in [0.1, 0.15) is 0 Å². The third-order valence-corrected chi connectivity index (χ3v) is 1.87. The lowest BCUT2D eigenvalue weighted by Crippen LogP contribution is -2.34. The second-order valence-corrected chi connectivity index (χ2v) is 3.68. The van der Waals surface area contributed by atoms with Crippen LogP contribution in [0, 0.1) is 0 Å². The molecular formula is C8H14B2N2. The average molecular weight is 160 g/mol. The molecule has 1 heterocycles.